The largest absolute Gasteiger partial charge is 0.740 e. The highest BCUT2D eigenvalue weighted by molar-refractivity contribution is 7.74. The van der Waals surface area contributed by atoms with Gasteiger partial charge in [-0.1, -0.05) is 11.6 Å². The van der Waals surface area contributed by atoms with E-state index in [-0.39, 0.29) is 10.8 Å². The summed E-state index contributed by atoms with van der Waals surface area (Å²) in [5, 5.41) is 0.262. The van der Waals surface area contributed by atoms with E-state index in [4.69, 9.17) is 17.3 Å². The normalized spacial score (nSPS) is 12.5. The van der Waals surface area contributed by atoms with Crippen LogP contribution in [0.3, 0.4) is 0 Å². The maximum atomic E-state index is 10.1. The molecule has 0 saturated carbocycles. The molecule has 0 fully saturated rings. The molecule has 66 valence electrons. The number of hydrogen-bond acceptors (Lipinski definition) is 4. The van der Waals surface area contributed by atoms with E-state index in [0.717, 1.165) is 0 Å². The molecule has 1 aromatic carbocycles. The third kappa shape index (κ3) is 2.37. The summed E-state index contributed by atoms with van der Waals surface area (Å²) < 4.78 is 24.5. The number of hydrogen-bond donors (Lipinski definition) is 1. The van der Waals surface area contributed by atoms with Gasteiger partial charge in [-0.15, -0.1) is 0 Å². The fraction of sp³-hybridized carbons (Fsp3) is 0. The van der Waals surface area contributed by atoms with Gasteiger partial charge in [-0.3, -0.25) is 0 Å². The summed E-state index contributed by atoms with van der Waals surface area (Å²) in [7, 11) is 0. The molecule has 0 aliphatic heterocycles. The first-order valence-electron chi connectivity index (χ1n) is 2.92. The molecule has 6 heteroatoms. The van der Waals surface area contributed by atoms with Gasteiger partial charge >= 0.3 is 0 Å². The van der Waals surface area contributed by atoms with E-state index in [2.05, 4.69) is 4.18 Å². The van der Waals surface area contributed by atoms with Crippen LogP contribution >= 0.6 is 11.6 Å². The second-order valence-corrected chi connectivity index (χ2v) is 2.95. The Balaban J connectivity index is 2.89. The van der Waals surface area contributed by atoms with E-state index >= 15 is 0 Å². The van der Waals surface area contributed by atoms with Crippen LogP contribution in [0, 0.1) is 0 Å². The highest BCUT2D eigenvalue weighted by Gasteiger charge is 1.98. The Labute approximate surface area is 76.8 Å². The average molecular weight is 207 g/mol. The van der Waals surface area contributed by atoms with Gasteiger partial charge in [-0.2, -0.15) is 0 Å². The number of nitrogen functional groups attached to an aromatic ring is 1. The summed E-state index contributed by atoms with van der Waals surface area (Å²) in [6.45, 7) is 0. The molecule has 1 atom stereocenters. The van der Waals surface area contributed by atoms with Crippen molar-refractivity contribution < 1.29 is 12.9 Å². The zero-order chi connectivity index (χ0) is 9.14. The Morgan fingerprint density at radius 2 is 2.25 bits per heavy atom. The zero-order valence-electron chi connectivity index (χ0n) is 5.82. The van der Waals surface area contributed by atoms with Crippen molar-refractivity contribution in [3.8, 4) is 5.75 Å². The lowest BCUT2D eigenvalue weighted by Gasteiger charge is -2.07. The minimum absolute atomic E-state index is 0.141. The molecule has 0 aliphatic carbocycles. The van der Waals surface area contributed by atoms with Crippen LogP contribution in [-0.4, -0.2) is 8.76 Å². The number of rotatable bonds is 2. The number of halogens is 1. The number of benzene rings is 1. The Hall–Kier alpha value is -0.780. The quantitative estimate of drug-likeness (QED) is 0.581. The lowest BCUT2D eigenvalue weighted by atomic mass is 10.3. The third-order valence-corrected chi connectivity index (χ3v) is 1.79. The molecular formula is C6H5ClNO3S-. The lowest BCUT2D eigenvalue weighted by molar-refractivity contribution is 0.440. The first kappa shape index (κ1) is 9.31. The number of anilines is 1. The van der Waals surface area contributed by atoms with Crippen molar-refractivity contribution in [2.75, 3.05) is 5.73 Å². The summed E-state index contributed by atoms with van der Waals surface area (Å²) >= 11 is 3.01. The Morgan fingerprint density at radius 1 is 1.58 bits per heavy atom. The van der Waals surface area contributed by atoms with E-state index in [1.165, 1.54) is 18.2 Å². The molecule has 0 aromatic heterocycles. The molecule has 0 spiro atoms. The second-order valence-electron chi connectivity index (χ2n) is 1.97. The summed E-state index contributed by atoms with van der Waals surface area (Å²) in [4.78, 5) is 0. The van der Waals surface area contributed by atoms with E-state index in [9.17, 15) is 8.76 Å². The third-order valence-electron chi connectivity index (χ3n) is 1.14. The van der Waals surface area contributed by atoms with Crippen molar-refractivity contribution in [1.29, 1.82) is 0 Å². The Kier molecular flexibility index (Phi) is 2.91. The van der Waals surface area contributed by atoms with Crippen molar-refractivity contribution in [2.45, 2.75) is 0 Å². The first-order valence-corrected chi connectivity index (χ1v) is 4.30. The Bertz CT molecular complexity index is 318. The van der Waals surface area contributed by atoms with Gasteiger partial charge in [0.1, 0.15) is 17.1 Å². The van der Waals surface area contributed by atoms with Gasteiger partial charge in [0.25, 0.3) is 0 Å². The van der Waals surface area contributed by atoms with Gasteiger partial charge in [0.2, 0.25) is 0 Å². The van der Waals surface area contributed by atoms with Crippen LogP contribution in [0.2, 0.25) is 5.02 Å². The van der Waals surface area contributed by atoms with Crippen molar-refractivity contribution in [2.24, 2.45) is 0 Å². The van der Waals surface area contributed by atoms with Crippen LogP contribution in [0.4, 0.5) is 5.69 Å². The topological polar surface area (TPSA) is 75.4 Å². The molecule has 0 amide bonds. The minimum atomic E-state index is -2.58. The predicted molar refractivity (Wildman–Crippen MR) is 45.4 cm³/mol. The summed E-state index contributed by atoms with van der Waals surface area (Å²) in [6.07, 6.45) is 0. The maximum absolute atomic E-state index is 10.1. The molecule has 1 unspecified atom stereocenters. The standard InChI is InChI=1S/C6H6ClNO3S/c7-5-3-4(11-12(9)10)1-2-6(5)8/h1-3H,8H2,(H,9,10)/p-1. The van der Waals surface area contributed by atoms with Crippen LogP contribution < -0.4 is 9.92 Å². The second kappa shape index (κ2) is 3.75. The molecular weight excluding hydrogens is 202 g/mol. The molecule has 12 heavy (non-hydrogen) atoms. The summed E-state index contributed by atoms with van der Waals surface area (Å²) in [5.41, 5.74) is 5.75. The highest BCUT2D eigenvalue weighted by Crippen LogP contribution is 2.24. The molecule has 0 radical (unpaired) electrons. The summed E-state index contributed by atoms with van der Waals surface area (Å²) in [5.74, 6) is 0.141. The fourth-order valence-electron chi connectivity index (χ4n) is 0.638. The molecule has 0 saturated heterocycles. The van der Waals surface area contributed by atoms with E-state index < -0.39 is 11.4 Å². The maximum Gasteiger partial charge on any atom is 0.140 e. The van der Waals surface area contributed by atoms with Gasteiger partial charge in [-0.05, 0) is 12.1 Å². The van der Waals surface area contributed by atoms with Gasteiger partial charge in [0.05, 0.1) is 10.7 Å². The molecule has 1 aromatic rings. The average Bonchev–Trinajstić information content (AvgIpc) is 1.96. The molecule has 4 nitrogen and oxygen atoms in total. The van der Waals surface area contributed by atoms with Gasteiger partial charge in [0, 0.05) is 6.07 Å². The van der Waals surface area contributed by atoms with Crippen molar-refractivity contribution >= 4 is 28.6 Å². The van der Waals surface area contributed by atoms with Crippen molar-refractivity contribution in [3.63, 3.8) is 0 Å². The van der Waals surface area contributed by atoms with Gasteiger partial charge in [-0.25, -0.2) is 4.21 Å². The SMILES string of the molecule is Nc1ccc(OS(=O)[O-])cc1Cl. The smallest absolute Gasteiger partial charge is 0.140 e. The summed E-state index contributed by atoms with van der Waals surface area (Å²) in [6, 6.07) is 4.20. The van der Waals surface area contributed by atoms with Crippen LogP contribution in [0.25, 0.3) is 0 Å². The molecule has 1 rings (SSSR count). The Morgan fingerprint density at radius 3 is 2.75 bits per heavy atom. The predicted octanol–water partition coefficient (Wildman–Crippen LogP) is 1.10. The van der Waals surface area contributed by atoms with Crippen molar-refractivity contribution in [1.82, 2.24) is 0 Å². The van der Waals surface area contributed by atoms with Crippen LogP contribution in [-0.2, 0) is 11.4 Å². The van der Waals surface area contributed by atoms with Crippen LogP contribution in [0.15, 0.2) is 18.2 Å². The minimum Gasteiger partial charge on any atom is -0.740 e. The fourth-order valence-corrected chi connectivity index (χ4v) is 1.07. The first-order chi connectivity index (χ1) is 5.59. The molecule has 0 bridgehead atoms. The lowest BCUT2D eigenvalue weighted by Crippen LogP contribution is -1.98. The van der Waals surface area contributed by atoms with Crippen LogP contribution in [0.1, 0.15) is 0 Å². The molecule has 0 heterocycles. The molecule has 2 N–H and O–H groups in total. The van der Waals surface area contributed by atoms with Gasteiger partial charge in [0.15, 0.2) is 0 Å². The van der Waals surface area contributed by atoms with E-state index in [1.807, 2.05) is 0 Å². The van der Waals surface area contributed by atoms with E-state index in [0.29, 0.717) is 5.69 Å². The highest BCUT2D eigenvalue weighted by atomic mass is 35.5. The number of nitrogens with two attached hydrogens (primary N) is 1. The molecule has 0 aliphatic rings. The monoisotopic (exact) mass is 206 g/mol. The zero-order valence-corrected chi connectivity index (χ0v) is 7.39. The van der Waals surface area contributed by atoms with Gasteiger partial charge < -0.3 is 14.5 Å². The van der Waals surface area contributed by atoms with Crippen molar-refractivity contribution in [3.05, 3.63) is 23.2 Å². The van der Waals surface area contributed by atoms with Crippen LogP contribution in [0.5, 0.6) is 5.75 Å². The van der Waals surface area contributed by atoms with E-state index in [1.54, 1.807) is 0 Å².